The van der Waals surface area contributed by atoms with Crippen molar-refractivity contribution in [1.82, 2.24) is 10.2 Å². The van der Waals surface area contributed by atoms with E-state index in [1.54, 1.807) is 29.2 Å². The van der Waals surface area contributed by atoms with Crippen molar-refractivity contribution in [2.75, 3.05) is 5.75 Å². The Morgan fingerprint density at radius 2 is 1.68 bits per heavy atom. The van der Waals surface area contributed by atoms with E-state index in [0.29, 0.717) is 32.6 Å². The third-order valence-corrected chi connectivity index (χ3v) is 7.54. The first-order chi connectivity index (χ1) is 17.9. The standard InChI is InChI=1S/C29H30Cl3FN2O2S/c1-29(2,3)34-28(37)26(14-19-8-5-4-6-9-19)35(16-20-12-13-21(30)15-24(20)32)27(36)18-38-17-22-23(31)10-7-11-25(22)33/h4-13,15,26H,14,16-18H2,1-3H3,(H,34,37)/t26-/m0/s1. The van der Waals surface area contributed by atoms with Crippen molar-refractivity contribution in [3.8, 4) is 0 Å². The Labute approximate surface area is 242 Å². The molecule has 0 saturated carbocycles. The third-order valence-electron chi connectivity index (χ3n) is 5.66. The molecule has 3 aromatic rings. The van der Waals surface area contributed by atoms with Crippen LogP contribution in [0.1, 0.15) is 37.5 Å². The summed E-state index contributed by atoms with van der Waals surface area (Å²) < 4.78 is 14.3. The lowest BCUT2D eigenvalue weighted by molar-refractivity contribution is -0.140. The second-order valence-electron chi connectivity index (χ2n) is 9.90. The minimum absolute atomic E-state index is 0.0178. The van der Waals surface area contributed by atoms with Crippen LogP contribution in [0, 0.1) is 5.82 Å². The molecule has 202 valence electrons. The molecule has 0 aliphatic rings. The summed E-state index contributed by atoms with van der Waals surface area (Å²) in [5, 5.41) is 4.20. The van der Waals surface area contributed by atoms with Crippen LogP contribution in [-0.2, 0) is 28.3 Å². The van der Waals surface area contributed by atoms with Gasteiger partial charge in [-0.1, -0.05) is 77.3 Å². The maximum atomic E-state index is 14.3. The van der Waals surface area contributed by atoms with Crippen LogP contribution < -0.4 is 5.32 Å². The molecular weight excluding hydrogens is 566 g/mol. The summed E-state index contributed by atoms with van der Waals surface area (Å²) in [6.07, 6.45) is 0.309. The summed E-state index contributed by atoms with van der Waals surface area (Å²) in [5.41, 5.74) is 1.40. The number of halogens is 4. The molecule has 3 rings (SSSR count). The van der Waals surface area contributed by atoms with Crippen LogP contribution in [0.3, 0.4) is 0 Å². The zero-order valence-corrected chi connectivity index (χ0v) is 24.5. The molecule has 4 nitrogen and oxygen atoms in total. The Morgan fingerprint density at radius 1 is 0.974 bits per heavy atom. The largest absolute Gasteiger partial charge is 0.350 e. The molecule has 3 aromatic carbocycles. The van der Waals surface area contributed by atoms with E-state index in [1.807, 2.05) is 51.1 Å². The van der Waals surface area contributed by atoms with Gasteiger partial charge in [-0.15, -0.1) is 11.8 Å². The normalized spacial score (nSPS) is 12.2. The maximum Gasteiger partial charge on any atom is 0.243 e. The van der Waals surface area contributed by atoms with Gasteiger partial charge in [0.25, 0.3) is 0 Å². The van der Waals surface area contributed by atoms with Crippen molar-refractivity contribution in [2.45, 2.75) is 51.1 Å². The van der Waals surface area contributed by atoms with E-state index in [9.17, 15) is 14.0 Å². The van der Waals surface area contributed by atoms with Crippen LogP contribution in [0.25, 0.3) is 0 Å². The second-order valence-corrected chi connectivity index (χ2v) is 12.1. The van der Waals surface area contributed by atoms with Gasteiger partial charge in [0, 0.05) is 44.9 Å². The third kappa shape index (κ3) is 8.91. The number of carbonyl (C=O) groups is 2. The number of amides is 2. The monoisotopic (exact) mass is 594 g/mol. The highest BCUT2D eigenvalue weighted by Crippen LogP contribution is 2.27. The first-order valence-corrected chi connectivity index (χ1v) is 14.3. The van der Waals surface area contributed by atoms with Gasteiger partial charge < -0.3 is 10.2 Å². The lowest BCUT2D eigenvalue weighted by atomic mass is 10.0. The van der Waals surface area contributed by atoms with Gasteiger partial charge in [-0.2, -0.15) is 0 Å². The molecule has 0 spiro atoms. The molecular formula is C29H30Cl3FN2O2S. The van der Waals surface area contributed by atoms with E-state index < -0.39 is 17.4 Å². The Bertz CT molecular complexity index is 1250. The average molecular weight is 596 g/mol. The maximum absolute atomic E-state index is 14.3. The van der Waals surface area contributed by atoms with Crippen LogP contribution >= 0.6 is 46.6 Å². The topological polar surface area (TPSA) is 49.4 Å². The fourth-order valence-electron chi connectivity index (χ4n) is 3.83. The molecule has 0 bridgehead atoms. The quantitative estimate of drug-likeness (QED) is 0.263. The van der Waals surface area contributed by atoms with Gasteiger partial charge >= 0.3 is 0 Å². The lowest BCUT2D eigenvalue weighted by Gasteiger charge is -2.34. The number of nitrogens with zero attached hydrogens (tertiary/aromatic N) is 1. The highest BCUT2D eigenvalue weighted by Gasteiger charge is 2.32. The fourth-order valence-corrected chi connectivity index (χ4v) is 5.55. The van der Waals surface area contributed by atoms with E-state index in [-0.39, 0.29) is 29.9 Å². The van der Waals surface area contributed by atoms with Gasteiger partial charge in [0.15, 0.2) is 0 Å². The van der Waals surface area contributed by atoms with Crippen LogP contribution in [0.15, 0.2) is 66.7 Å². The Morgan fingerprint density at radius 3 is 2.32 bits per heavy atom. The fraction of sp³-hybridized carbons (Fsp3) is 0.310. The highest BCUT2D eigenvalue weighted by atomic mass is 35.5. The number of rotatable bonds is 10. The summed E-state index contributed by atoms with van der Waals surface area (Å²) in [7, 11) is 0. The lowest BCUT2D eigenvalue weighted by Crippen LogP contribution is -2.54. The van der Waals surface area contributed by atoms with E-state index in [0.717, 1.165) is 5.56 Å². The van der Waals surface area contributed by atoms with Crippen molar-refractivity contribution < 1.29 is 14.0 Å². The number of carbonyl (C=O) groups excluding carboxylic acids is 2. The Kier molecular flexibility index (Phi) is 10.9. The van der Waals surface area contributed by atoms with Crippen molar-refractivity contribution in [3.63, 3.8) is 0 Å². The molecule has 0 fully saturated rings. The second kappa shape index (κ2) is 13.7. The van der Waals surface area contributed by atoms with Crippen molar-refractivity contribution in [3.05, 3.63) is 104 Å². The molecule has 0 aromatic heterocycles. The summed E-state index contributed by atoms with van der Waals surface area (Å²) >= 11 is 19.9. The highest BCUT2D eigenvalue weighted by molar-refractivity contribution is 7.99. The van der Waals surface area contributed by atoms with Crippen molar-refractivity contribution in [2.24, 2.45) is 0 Å². The van der Waals surface area contributed by atoms with Crippen LogP contribution in [0.5, 0.6) is 0 Å². The predicted molar refractivity (Wildman–Crippen MR) is 156 cm³/mol. The van der Waals surface area contributed by atoms with E-state index in [1.165, 1.54) is 23.9 Å². The van der Waals surface area contributed by atoms with Crippen LogP contribution in [0.4, 0.5) is 4.39 Å². The van der Waals surface area contributed by atoms with Gasteiger partial charge in [-0.05, 0) is 56.2 Å². The molecule has 0 aliphatic heterocycles. The number of thioether (sulfide) groups is 1. The van der Waals surface area contributed by atoms with Gasteiger partial charge in [-0.25, -0.2) is 4.39 Å². The van der Waals surface area contributed by atoms with E-state index in [4.69, 9.17) is 34.8 Å². The van der Waals surface area contributed by atoms with Gasteiger partial charge in [0.05, 0.1) is 5.75 Å². The van der Waals surface area contributed by atoms with Gasteiger partial charge in [-0.3, -0.25) is 9.59 Å². The molecule has 0 heterocycles. The first-order valence-electron chi connectivity index (χ1n) is 12.0. The predicted octanol–water partition coefficient (Wildman–Crippen LogP) is 7.57. The molecule has 1 atom stereocenters. The van der Waals surface area contributed by atoms with Gasteiger partial charge in [0.1, 0.15) is 11.9 Å². The van der Waals surface area contributed by atoms with Crippen LogP contribution in [0.2, 0.25) is 15.1 Å². The molecule has 9 heteroatoms. The number of hydrogen-bond acceptors (Lipinski definition) is 3. The SMILES string of the molecule is CC(C)(C)NC(=O)[C@H](Cc1ccccc1)N(Cc1ccc(Cl)cc1Cl)C(=O)CSCc1c(F)cccc1Cl. The molecule has 0 unspecified atom stereocenters. The van der Waals surface area contributed by atoms with Crippen LogP contribution in [-0.4, -0.2) is 34.0 Å². The number of benzene rings is 3. The summed E-state index contributed by atoms with van der Waals surface area (Å²) in [6.45, 7) is 5.77. The molecule has 2 amide bonds. The average Bonchev–Trinajstić information content (AvgIpc) is 2.83. The van der Waals surface area contributed by atoms with E-state index in [2.05, 4.69) is 5.32 Å². The van der Waals surface area contributed by atoms with Crippen molar-refractivity contribution >= 4 is 58.4 Å². The first kappa shape index (κ1) is 30.3. The minimum atomic E-state index is -0.812. The minimum Gasteiger partial charge on any atom is -0.350 e. The summed E-state index contributed by atoms with van der Waals surface area (Å²) in [5.74, 6) is -0.747. The zero-order chi connectivity index (χ0) is 27.9. The number of hydrogen-bond donors (Lipinski definition) is 1. The van der Waals surface area contributed by atoms with Gasteiger partial charge in [0.2, 0.25) is 11.8 Å². The molecule has 0 radical (unpaired) electrons. The zero-order valence-electron chi connectivity index (χ0n) is 21.4. The molecule has 38 heavy (non-hydrogen) atoms. The molecule has 1 N–H and O–H groups in total. The summed E-state index contributed by atoms with van der Waals surface area (Å²) in [4.78, 5) is 28.8. The smallest absolute Gasteiger partial charge is 0.243 e. The molecule has 0 aliphatic carbocycles. The Hall–Kier alpha value is -2.25. The van der Waals surface area contributed by atoms with Crippen molar-refractivity contribution in [1.29, 1.82) is 0 Å². The van der Waals surface area contributed by atoms with E-state index >= 15 is 0 Å². The Balaban J connectivity index is 1.92. The number of nitrogens with one attached hydrogen (secondary N) is 1. The summed E-state index contributed by atoms with van der Waals surface area (Å²) in [6, 6.07) is 18.3. The molecule has 0 saturated heterocycles.